The van der Waals surface area contributed by atoms with Crippen molar-refractivity contribution in [3.8, 4) is 23.0 Å². The average Bonchev–Trinajstić information content (AvgIpc) is 3.58. The summed E-state index contributed by atoms with van der Waals surface area (Å²) in [4.78, 5) is 4.87. The van der Waals surface area contributed by atoms with Crippen LogP contribution in [0.4, 0.5) is 0 Å². The van der Waals surface area contributed by atoms with Crippen molar-refractivity contribution < 1.29 is 4.74 Å². The lowest BCUT2D eigenvalue weighted by Gasteiger charge is -2.34. The van der Waals surface area contributed by atoms with Crippen LogP contribution in [0.3, 0.4) is 0 Å². The zero-order valence-corrected chi connectivity index (χ0v) is 33.1. The lowest BCUT2D eigenvalue weighted by Crippen LogP contribution is -2.25. The lowest BCUT2D eigenvalue weighted by molar-refractivity contribution is 0.385. The molecule has 3 aromatic heterocycles. The normalized spacial score (nSPS) is 18.2. The van der Waals surface area contributed by atoms with E-state index in [-0.39, 0.29) is 5.41 Å². The maximum Gasteiger partial charge on any atom is 0.137 e. The highest BCUT2D eigenvalue weighted by atomic mass is 16.5. The predicted octanol–water partition coefficient (Wildman–Crippen LogP) is 12.8. The summed E-state index contributed by atoms with van der Waals surface area (Å²) in [6, 6.07) is 26.1. The van der Waals surface area contributed by atoms with Crippen LogP contribution in [0.15, 0.2) is 90.6 Å². The molecular weight excluding hydrogens is 637 g/mol. The molecule has 270 valence electrons. The Morgan fingerprint density at radius 1 is 0.846 bits per heavy atom. The van der Waals surface area contributed by atoms with Gasteiger partial charge >= 0.3 is 0 Å². The van der Waals surface area contributed by atoms with E-state index in [0.717, 1.165) is 46.2 Å². The summed E-state index contributed by atoms with van der Waals surface area (Å²) in [5.41, 5.74) is 10.9. The molecule has 0 saturated carbocycles. The number of hydrogen-bond donors (Lipinski definition) is 0. The van der Waals surface area contributed by atoms with Gasteiger partial charge in [-0.15, -0.1) is 0 Å². The van der Waals surface area contributed by atoms with Gasteiger partial charge in [0.15, 0.2) is 0 Å². The molecule has 0 fully saturated rings. The Morgan fingerprint density at radius 2 is 1.60 bits per heavy atom. The van der Waals surface area contributed by atoms with E-state index >= 15 is 0 Å². The van der Waals surface area contributed by atoms with E-state index in [2.05, 4.69) is 164 Å². The minimum absolute atomic E-state index is 0.118. The number of pyridine rings is 1. The summed E-state index contributed by atoms with van der Waals surface area (Å²) in [7, 11) is 0. The molecule has 3 aromatic carbocycles. The first-order valence-corrected chi connectivity index (χ1v) is 19.3. The van der Waals surface area contributed by atoms with Crippen LogP contribution in [0.5, 0.6) is 11.5 Å². The van der Waals surface area contributed by atoms with Gasteiger partial charge in [-0.1, -0.05) is 92.2 Å². The highest BCUT2D eigenvalue weighted by molar-refractivity contribution is 6.09. The molecule has 1 aliphatic rings. The molecule has 0 radical (unpaired) electrons. The molecule has 3 heterocycles. The molecule has 0 N–H and O–H groups in total. The lowest BCUT2D eigenvalue weighted by atomic mass is 9.70. The summed E-state index contributed by atoms with van der Waals surface area (Å²) in [5, 5.41) is 7.70. The van der Waals surface area contributed by atoms with E-state index in [4.69, 9.17) is 14.8 Å². The highest BCUT2D eigenvalue weighted by Gasteiger charge is 2.36. The van der Waals surface area contributed by atoms with E-state index in [1.54, 1.807) is 0 Å². The van der Waals surface area contributed by atoms with Gasteiger partial charge in [-0.3, -0.25) is 4.57 Å². The molecule has 7 rings (SSSR count). The summed E-state index contributed by atoms with van der Waals surface area (Å²) < 4.78 is 11.3. The van der Waals surface area contributed by atoms with Crippen molar-refractivity contribution in [3.63, 3.8) is 0 Å². The van der Waals surface area contributed by atoms with Crippen molar-refractivity contribution in [3.05, 3.63) is 119 Å². The quantitative estimate of drug-likeness (QED) is 0.149. The van der Waals surface area contributed by atoms with Gasteiger partial charge in [0.25, 0.3) is 0 Å². The number of hydrogen-bond acceptors (Lipinski definition) is 3. The molecular formula is C47H56N4O. The molecule has 52 heavy (non-hydrogen) atoms. The zero-order valence-electron chi connectivity index (χ0n) is 33.1. The van der Waals surface area contributed by atoms with E-state index in [1.165, 1.54) is 45.2 Å². The maximum absolute atomic E-state index is 6.84. The van der Waals surface area contributed by atoms with Crippen molar-refractivity contribution in [2.45, 2.75) is 106 Å². The van der Waals surface area contributed by atoms with Gasteiger partial charge in [0, 0.05) is 46.0 Å². The Kier molecular flexibility index (Phi) is 9.44. The molecule has 6 aromatic rings. The van der Waals surface area contributed by atoms with Gasteiger partial charge < -0.3 is 4.74 Å². The minimum Gasteiger partial charge on any atom is -0.457 e. The fourth-order valence-electron chi connectivity index (χ4n) is 8.82. The van der Waals surface area contributed by atoms with Crippen molar-refractivity contribution >= 4 is 21.8 Å². The third-order valence-electron chi connectivity index (χ3n) is 10.9. The number of ether oxygens (including phenoxy) is 1. The molecule has 0 bridgehead atoms. The summed E-state index contributed by atoms with van der Waals surface area (Å²) in [6.07, 6.45) is 6.63. The Morgan fingerprint density at radius 3 is 2.31 bits per heavy atom. The Bertz CT molecular complexity index is 2290. The monoisotopic (exact) mass is 692 g/mol. The zero-order chi connectivity index (χ0) is 37.1. The van der Waals surface area contributed by atoms with Crippen LogP contribution in [-0.2, 0) is 11.8 Å². The van der Waals surface area contributed by atoms with Crippen molar-refractivity contribution in [2.24, 2.45) is 17.8 Å². The smallest absolute Gasteiger partial charge is 0.137 e. The van der Waals surface area contributed by atoms with E-state index in [9.17, 15) is 0 Å². The molecule has 3 atom stereocenters. The molecule has 0 aliphatic heterocycles. The molecule has 5 nitrogen and oxygen atoms in total. The second kappa shape index (κ2) is 13.7. The molecule has 0 saturated heterocycles. The van der Waals surface area contributed by atoms with Crippen LogP contribution in [0.25, 0.3) is 33.3 Å². The molecule has 0 amide bonds. The molecule has 5 heteroatoms. The van der Waals surface area contributed by atoms with Crippen LogP contribution in [-0.4, -0.2) is 19.3 Å². The van der Waals surface area contributed by atoms with Gasteiger partial charge in [0.1, 0.15) is 17.3 Å². The van der Waals surface area contributed by atoms with E-state index in [0.29, 0.717) is 29.6 Å². The number of aryl methyl sites for hydroxylation is 1. The maximum atomic E-state index is 6.84. The SMILES string of the molecule is CC1=C[C@H](C)CC(C)[C@H]1c1c(C)nn(-c2cc(Oc3ccc4c5ccccc5n(-c5cc(CC(C)C)ccn5)c4c3)cc(C(C)C)c2)c1C(C)(C)C. The summed E-state index contributed by atoms with van der Waals surface area (Å²) in [5.74, 6) is 4.93. The van der Waals surface area contributed by atoms with Gasteiger partial charge in [-0.05, 0) is 104 Å². The largest absolute Gasteiger partial charge is 0.457 e. The first kappa shape index (κ1) is 35.7. The first-order valence-electron chi connectivity index (χ1n) is 19.3. The molecule has 1 unspecified atom stereocenters. The fraction of sp³-hybridized carbons (Fsp3) is 0.404. The fourth-order valence-corrected chi connectivity index (χ4v) is 8.82. The van der Waals surface area contributed by atoms with Gasteiger partial charge in [-0.25, -0.2) is 9.67 Å². The Balaban J connectivity index is 1.35. The number of nitrogens with zero attached hydrogens (tertiary/aromatic N) is 4. The highest BCUT2D eigenvalue weighted by Crippen LogP contribution is 2.46. The Labute approximate surface area is 310 Å². The number of aromatic nitrogens is 4. The predicted molar refractivity (Wildman–Crippen MR) is 218 cm³/mol. The van der Waals surface area contributed by atoms with Crippen molar-refractivity contribution in [1.82, 2.24) is 19.3 Å². The van der Waals surface area contributed by atoms with E-state index in [1.807, 2.05) is 6.20 Å². The Hall–Kier alpha value is -4.64. The summed E-state index contributed by atoms with van der Waals surface area (Å²) >= 11 is 0. The van der Waals surface area contributed by atoms with Crippen LogP contribution in [0, 0.1) is 24.7 Å². The topological polar surface area (TPSA) is 44.9 Å². The van der Waals surface area contributed by atoms with Gasteiger partial charge in [-0.2, -0.15) is 5.10 Å². The molecule has 1 aliphatic carbocycles. The van der Waals surface area contributed by atoms with Crippen LogP contribution < -0.4 is 4.74 Å². The average molecular weight is 693 g/mol. The number of fused-ring (bicyclic) bond motifs is 3. The van der Waals surface area contributed by atoms with Gasteiger partial charge in [0.05, 0.1) is 28.1 Å². The van der Waals surface area contributed by atoms with Crippen molar-refractivity contribution in [2.75, 3.05) is 0 Å². The van der Waals surface area contributed by atoms with Crippen LogP contribution in [0.2, 0.25) is 0 Å². The minimum atomic E-state index is -0.118. The number of rotatable bonds is 8. The number of benzene rings is 3. The second-order valence-corrected chi connectivity index (χ2v) is 17.3. The first-order chi connectivity index (χ1) is 24.7. The summed E-state index contributed by atoms with van der Waals surface area (Å²) in [6.45, 7) is 25.3. The van der Waals surface area contributed by atoms with Crippen molar-refractivity contribution in [1.29, 1.82) is 0 Å². The second-order valence-electron chi connectivity index (χ2n) is 17.3. The van der Waals surface area contributed by atoms with Crippen LogP contribution in [0.1, 0.15) is 116 Å². The number of allylic oxidation sites excluding steroid dienone is 2. The van der Waals surface area contributed by atoms with Gasteiger partial charge in [0.2, 0.25) is 0 Å². The van der Waals surface area contributed by atoms with Crippen LogP contribution >= 0.6 is 0 Å². The molecule has 0 spiro atoms. The standard InChI is InChI=1S/C47H56N4O/c1-28(2)20-34-18-19-48-43(23-34)50-41-15-13-12-14-39(41)40-17-16-37(27-42(40)50)52-38-25-35(29(3)4)24-36(26-38)51-46(47(9,10)11)45(33(8)49-51)44-31(6)21-30(5)22-32(44)7/h12-19,21,23-30,32,44H,20,22H2,1-11H3/t30-,32?,44-/m0/s1. The third kappa shape index (κ3) is 6.71. The third-order valence-corrected chi connectivity index (χ3v) is 10.9. The number of para-hydroxylation sites is 1. The van der Waals surface area contributed by atoms with E-state index < -0.39 is 0 Å².